The third-order valence-corrected chi connectivity index (χ3v) is 2.67. The second kappa shape index (κ2) is 5.01. The number of nitrogens with one attached hydrogen (secondary N) is 1. The third kappa shape index (κ3) is 2.47. The summed E-state index contributed by atoms with van der Waals surface area (Å²) in [4.78, 5) is 4.10. The van der Waals surface area contributed by atoms with Crippen LogP contribution in [0.2, 0.25) is 0 Å². The Morgan fingerprint density at radius 1 is 1.35 bits per heavy atom. The molecule has 3 N–H and O–H groups in total. The molecule has 17 heavy (non-hydrogen) atoms. The van der Waals surface area contributed by atoms with Crippen molar-refractivity contribution < 1.29 is 4.74 Å². The number of ether oxygens (including phenoxy) is 1. The number of fused-ring (bicyclic) bond motifs is 1. The Morgan fingerprint density at radius 2 is 2.18 bits per heavy atom. The van der Waals surface area contributed by atoms with Gasteiger partial charge in [0.1, 0.15) is 0 Å². The van der Waals surface area contributed by atoms with E-state index in [0.29, 0.717) is 6.61 Å². The summed E-state index contributed by atoms with van der Waals surface area (Å²) < 4.78 is 5.11. The summed E-state index contributed by atoms with van der Waals surface area (Å²) in [7, 11) is 1.70. The average molecular weight is 231 g/mol. The average Bonchev–Trinajstić information content (AvgIpc) is 2.34. The number of nitrogen functional groups attached to an aromatic ring is 1. The van der Waals surface area contributed by atoms with Crippen molar-refractivity contribution in [3.63, 3.8) is 0 Å². The van der Waals surface area contributed by atoms with Gasteiger partial charge in [-0.3, -0.25) is 4.98 Å². The van der Waals surface area contributed by atoms with E-state index in [9.17, 15) is 0 Å². The molecule has 1 aromatic heterocycles. The molecule has 0 aliphatic carbocycles. The molecule has 1 aromatic carbocycles. The fraction of sp³-hybridized carbons (Fsp3) is 0.308. The van der Waals surface area contributed by atoms with Gasteiger partial charge < -0.3 is 15.8 Å². The molecule has 1 heterocycles. The number of nitrogens with zero attached hydrogens (tertiary/aromatic N) is 1. The monoisotopic (exact) mass is 231 g/mol. The number of methoxy groups -OCH3 is 1. The minimum atomic E-state index is 0.250. The molecule has 0 saturated heterocycles. The lowest BCUT2D eigenvalue weighted by Crippen LogP contribution is -2.20. The number of nitrogens with two attached hydrogens (primary N) is 1. The van der Waals surface area contributed by atoms with E-state index in [-0.39, 0.29) is 6.04 Å². The van der Waals surface area contributed by atoms with Crippen molar-refractivity contribution in [2.45, 2.75) is 13.0 Å². The Kier molecular flexibility index (Phi) is 3.44. The molecule has 0 aliphatic rings. The maximum atomic E-state index is 5.92. The topological polar surface area (TPSA) is 60.2 Å². The van der Waals surface area contributed by atoms with Gasteiger partial charge in [0.2, 0.25) is 0 Å². The molecule has 0 bridgehead atoms. The van der Waals surface area contributed by atoms with Crippen molar-refractivity contribution in [2.24, 2.45) is 0 Å². The number of rotatable bonds is 4. The maximum Gasteiger partial charge on any atom is 0.0661 e. The van der Waals surface area contributed by atoms with Crippen LogP contribution in [0.4, 0.5) is 11.4 Å². The zero-order chi connectivity index (χ0) is 12.3. The van der Waals surface area contributed by atoms with Gasteiger partial charge in [0, 0.05) is 47.7 Å². The standard InChI is InChI=1S/C13H17N3O/c1-9(8-17-2)16-13-4-3-12(14)11-7-15-6-5-10(11)13/h3-7,9,16H,8,14H2,1-2H3. The molecule has 0 radical (unpaired) electrons. The Morgan fingerprint density at radius 3 is 2.94 bits per heavy atom. The highest BCUT2D eigenvalue weighted by molar-refractivity contribution is 6.00. The highest BCUT2D eigenvalue weighted by Gasteiger charge is 2.06. The van der Waals surface area contributed by atoms with Gasteiger partial charge in [-0.05, 0) is 25.1 Å². The first-order chi connectivity index (χ1) is 8.22. The van der Waals surface area contributed by atoms with Crippen LogP contribution >= 0.6 is 0 Å². The van der Waals surface area contributed by atoms with Crippen LogP contribution in [0.1, 0.15) is 6.92 Å². The smallest absolute Gasteiger partial charge is 0.0661 e. The SMILES string of the molecule is COCC(C)Nc1ccc(N)c2cnccc12. The summed E-state index contributed by atoms with van der Waals surface area (Å²) >= 11 is 0. The zero-order valence-corrected chi connectivity index (χ0v) is 10.1. The summed E-state index contributed by atoms with van der Waals surface area (Å²) in [6, 6.07) is 6.10. The molecule has 4 heteroatoms. The highest BCUT2D eigenvalue weighted by atomic mass is 16.5. The highest BCUT2D eigenvalue weighted by Crippen LogP contribution is 2.27. The fourth-order valence-corrected chi connectivity index (χ4v) is 1.90. The third-order valence-electron chi connectivity index (χ3n) is 2.67. The minimum Gasteiger partial charge on any atom is -0.398 e. The molecule has 1 atom stereocenters. The van der Waals surface area contributed by atoms with E-state index in [0.717, 1.165) is 22.1 Å². The van der Waals surface area contributed by atoms with E-state index in [2.05, 4.69) is 17.2 Å². The van der Waals surface area contributed by atoms with Crippen LogP contribution in [0.25, 0.3) is 10.8 Å². The molecule has 1 unspecified atom stereocenters. The predicted octanol–water partition coefficient (Wildman–Crippen LogP) is 2.26. The summed E-state index contributed by atoms with van der Waals surface area (Å²) in [6.45, 7) is 2.74. The molecule has 2 rings (SSSR count). The second-order valence-corrected chi connectivity index (χ2v) is 4.12. The number of pyridine rings is 1. The molecule has 0 amide bonds. The van der Waals surface area contributed by atoms with Crippen molar-refractivity contribution in [2.75, 3.05) is 24.8 Å². The fourth-order valence-electron chi connectivity index (χ4n) is 1.90. The van der Waals surface area contributed by atoms with Gasteiger partial charge in [-0.15, -0.1) is 0 Å². The number of hydrogen-bond donors (Lipinski definition) is 2. The van der Waals surface area contributed by atoms with Crippen LogP contribution in [-0.4, -0.2) is 24.7 Å². The summed E-state index contributed by atoms with van der Waals surface area (Å²) in [5, 5.41) is 5.46. The lowest BCUT2D eigenvalue weighted by molar-refractivity contribution is 0.190. The first kappa shape index (κ1) is 11.7. The number of aromatic nitrogens is 1. The van der Waals surface area contributed by atoms with E-state index in [1.165, 1.54) is 0 Å². The molecule has 0 saturated carbocycles. The van der Waals surface area contributed by atoms with Gasteiger partial charge >= 0.3 is 0 Å². The molecule has 90 valence electrons. The van der Waals surface area contributed by atoms with Crippen LogP contribution in [0.3, 0.4) is 0 Å². The molecule has 0 fully saturated rings. The van der Waals surface area contributed by atoms with Gasteiger partial charge in [0.25, 0.3) is 0 Å². The lowest BCUT2D eigenvalue weighted by atomic mass is 10.1. The van der Waals surface area contributed by atoms with Crippen molar-refractivity contribution in [3.8, 4) is 0 Å². The van der Waals surface area contributed by atoms with Gasteiger partial charge in [-0.1, -0.05) is 0 Å². The summed E-state index contributed by atoms with van der Waals surface area (Å²) in [5.74, 6) is 0. The van der Waals surface area contributed by atoms with Crippen molar-refractivity contribution in [3.05, 3.63) is 30.6 Å². The van der Waals surface area contributed by atoms with Crippen LogP contribution < -0.4 is 11.1 Å². The number of anilines is 2. The predicted molar refractivity (Wildman–Crippen MR) is 71.1 cm³/mol. The number of hydrogen-bond acceptors (Lipinski definition) is 4. The number of benzene rings is 1. The van der Waals surface area contributed by atoms with E-state index >= 15 is 0 Å². The molecule has 2 aromatic rings. The zero-order valence-electron chi connectivity index (χ0n) is 10.1. The molecular weight excluding hydrogens is 214 g/mol. The van der Waals surface area contributed by atoms with E-state index in [1.54, 1.807) is 19.5 Å². The lowest BCUT2D eigenvalue weighted by Gasteiger charge is -2.16. The van der Waals surface area contributed by atoms with Crippen LogP contribution in [0, 0.1) is 0 Å². The van der Waals surface area contributed by atoms with E-state index in [1.807, 2.05) is 18.2 Å². The first-order valence-corrected chi connectivity index (χ1v) is 5.60. The maximum absolute atomic E-state index is 5.92. The van der Waals surface area contributed by atoms with Gasteiger partial charge in [-0.25, -0.2) is 0 Å². The second-order valence-electron chi connectivity index (χ2n) is 4.12. The Labute approximate surface area is 101 Å². The first-order valence-electron chi connectivity index (χ1n) is 5.60. The summed E-state index contributed by atoms with van der Waals surface area (Å²) in [6.07, 6.45) is 3.56. The van der Waals surface area contributed by atoms with Crippen LogP contribution in [0.15, 0.2) is 30.6 Å². The van der Waals surface area contributed by atoms with Gasteiger partial charge in [-0.2, -0.15) is 0 Å². The normalized spacial score (nSPS) is 12.6. The largest absolute Gasteiger partial charge is 0.398 e. The molecule has 0 aliphatic heterocycles. The van der Waals surface area contributed by atoms with Gasteiger partial charge in [0.05, 0.1) is 6.61 Å². The van der Waals surface area contributed by atoms with Crippen LogP contribution in [0.5, 0.6) is 0 Å². The Balaban J connectivity index is 2.38. The molecule has 4 nitrogen and oxygen atoms in total. The van der Waals surface area contributed by atoms with Gasteiger partial charge in [0.15, 0.2) is 0 Å². The van der Waals surface area contributed by atoms with Crippen molar-refractivity contribution >= 4 is 22.1 Å². The van der Waals surface area contributed by atoms with Crippen molar-refractivity contribution in [1.29, 1.82) is 0 Å². The van der Waals surface area contributed by atoms with E-state index < -0.39 is 0 Å². The summed E-state index contributed by atoms with van der Waals surface area (Å²) in [5.41, 5.74) is 7.73. The molecular formula is C13H17N3O. The minimum absolute atomic E-state index is 0.250. The molecule has 0 spiro atoms. The Bertz CT molecular complexity index is 513. The van der Waals surface area contributed by atoms with Crippen LogP contribution in [-0.2, 0) is 4.74 Å². The quantitative estimate of drug-likeness (QED) is 0.792. The Hall–Kier alpha value is -1.81. The van der Waals surface area contributed by atoms with Crippen molar-refractivity contribution in [1.82, 2.24) is 4.98 Å². The van der Waals surface area contributed by atoms with E-state index in [4.69, 9.17) is 10.5 Å².